The van der Waals surface area contributed by atoms with E-state index in [2.05, 4.69) is 5.32 Å². The van der Waals surface area contributed by atoms with Crippen molar-refractivity contribution in [3.63, 3.8) is 0 Å². The number of halogens is 3. The molecule has 0 fully saturated rings. The smallest absolute Gasteiger partial charge is 0.231 e. The summed E-state index contributed by atoms with van der Waals surface area (Å²) in [5.74, 6) is -0.779. The minimum atomic E-state index is -0.524. The maximum absolute atomic E-state index is 13.1. The second kappa shape index (κ2) is 10.2. The van der Waals surface area contributed by atoms with Crippen LogP contribution in [0, 0.1) is 5.41 Å². The highest BCUT2D eigenvalue weighted by Gasteiger charge is 2.22. The van der Waals surface area contributed by atoms with Crippen molar-refractivity contribution >= 4 is 58.3 Å². The van der Waals surface area contributed by atoms with E-state index in [4.69, 9.17) is 51.7 Å². The maximum Gasteiger partial charge on any atom is 0.231 e. The van der Waals surface area contributed by atoms with Crippen LogP contribution in [0.5, 0.6) is 0 Å². The highest BCUT2D eigenvalue weighted by Crippen LogP contribution is 2.36. The van der Waals surface area contributed by atoms with Crippen LogP contribution in [-0.2, 0) is 4.79 Å². The second-order valence-electron chi connectivity index (χ2n) is 6.94. The van der Waals surface area contributed by atoms with Crippen LogP contribution in [-0.4, -0.2) is 18.7 Å². The molecule has 0 aromatic heterocycles. The molecule has 6 N–H and O–H groups in total. The van der Waals surface area contributed by atoms with Gasteiger partial charge in [0.1, 0.15) is 0 Å². The molecule has 0 heterocycles. The molecule has 1 atom stereocenters. The largest absolute Gasteiger partial charge is 0.398 e. The van der Waals surface area contributed by atoms with Crippen LogP contribution in [0.25, 0.3) is 11.1 Å². The van der Waals surface area contributed by atoms with E-state index in [0.717, 1.165) is 6.21 Å². The quantitative estimate of drug-likeness (QED) is 0.250. The minimum absolute atomic E-state index is 0.255. The molecular formula is C23H21Cl3N4O. The van der Waals surface area contributed by atoms with E-state index in [1.54, 1.807) is 36.4 Å². The lowest BCUT2D eigenvalue weighted by Crippen LogP contribution is -2.23. The summed E-state index contributed by atoms with van der Waals surface area (Å²) in [7, 11) is 0. The summed E-state index contributed by atoms with van der Waals surface area (Å²) in [5, 5.41) is 11.9. The van der Waals surface area contributed by atoms with Gasteiger partial charge in [0, 0.05) is 39.3 Å². The van der Waals surface area contributed by atoms with Gasteiger partial charge in [-0.05, 0) is 48.9 Å². The molecule has 3 aromatic carbocycles. The molecule has 0 aliphatic carbocycles. The van der Waals surface area contributed by atoms with Gasteiger partial charge < -0.3 is 22.2 Å². The number of nitrogen functional groups attached to an aromatic ring is 1. The summed E-state index contributed by atoms with van der Waals surface area (Å²) in [4.78, 5) is 13.1. The highest BCUT2D eigenvalue weighted by atomic mass is 35.5. The van der Waals surface area contributed by atoms with E-state index in [1.807, 2.05) is 18.2 Å². The standard InChI is InChI=1S/C23H21Cl3N4O/c24-19-4-2-1-3-17(19)18-11-15(9-14(12-28)22(18)29)30-23(31)16(7-8-27)13-5-6-20(25)21(26)10-13/h1-6,9-12,16,28H,7-8,27,29H2,(H,30,31). The summed E-state index contributed by atoms with van der Waals surface area (Å²) in [5.41, 5.74) is 15.4. The van der Waals surface area contributed by atoms with Crippen LogP contribution in [0.4, 0.5) is 11.4 Å². The summed E-state index contributed by atoms with van der Waals surface area (Å²) in [6.07, 6.45) is 1.56. The summed E-state index contributed by atoms with van der Waals surface area (Å²) >= 11 is 18.5. The van der Waals surface area contributed by atoms with E-state index < -0.39 is 5.92 Å². The summed E-state index contributed by atoms with van der Waals surface area (Å²) < 4.78 is 0. The Hall–Kier alpha value is -2.57. The lowest BCUT2D eigenvalue weighted by Gasteiger charge is -2.19. The number of rotatable bonds is 7. The van der Waals surface area contributed by atoms with Crippen molar-refractivity contribution in [3.05, 3.63) is 80.8 Å². The zero-order chi connectivity index (χ0) is 22.5. The predicted molar refractivity (Wildman–Crippen MR) is 131 cm³/mol. The number of carbonyl (C=O) groups excluding carboxylic acids is 1. The molecule has 0 saturated heterocycles. The Kier molecular flexibility index (Phi) is 7.57. The maximum atomic E-state index is 13.1. The van der Waals surface area contributed by atoms with E-state index in [-0.39, 0.29) is 5.91 Å². The molecule has 160 valence electrons. The van der Waals surface area contributed by atoms with Gasteiger partial charge in [-0.1, -0.05) is 59.1 Å². The molecule has 0 aliphatic heterocycles. The fraction of sp³-hybridized carbons (Fsp3) is 0.130. The molecule has 0 spiro atoms. The molecule has 31 heavy (non-hydrogen) atoms. The Morgan fingerprint density at radius 3 is 2.39 bits per heavy atom. The van der Waals surface area contributed by atoms with Crippen molar-refractivity contribution in [1.82, 2.24) is 0 Å². The normalized spacial score (nSPS) is 11.7. The van der Waals surface area contributed by atoms with Gasteiger partial charge >= 0.3 is 0 Å². The van der Waals surface area contributed by atoms with Crippen molar-refractivity contribution in [2.24, 2.45) is 5.73 Å². The Labute approximate surface area is 195 Å². The molecule has 3 rings (SSSR count). The van der Waals surface area contributed by atoms with E-state index in [0.29, 0.717) is 61.7 Å². The monoisotopic (exact) mass is 474 g/mol. The molecule has 0 aliphatic rings. The third-order valence-corrected chi connectivity index (χ3v) is 5.99. The van der Waals surface area contributed by atoms with Crippen molar-refractivity contribution in [2.75, 3.05) is 17.6 Å². The van der Waals surface area contributed by atoms with Crippen molar-refractivity contribution < 1.29 is 4.79 Å². The van der Waals surface area contributed by atoms with Crippen LogP contribution in [0.1, 0.15) is 23.5 Å². The molecule has 8 heteroatoms. The summed E-state index contributed by atoms with van der Waals surface area (Å²) in [6, 6.07) is 15.7. The summed E-state index contributed by atoms with van der Waals surface area (Å²) in [6.45, 7) is 0.316. The zero-order valence-corrected chi connectivity index (χ0v) is 18.7. The fourth-order valence-corrected chi connectivity index (χ4v) is 3.89. The number of amides is 1. The SMILES string of the molecule is N=Cc1cc(NC(=O)C(CCN)c2ccc(Cl)c(Cl)c2)cc(-c2ccccc2Cl)c1N. The average Bonchev–Trinajstić information content (AvgIpc) is 2.75. The molecule has 0 bridgehead atoms. The molecule has 3 aromatic rings. The van der Waals surface area contributed by atoms with Crippen LogP contribution in [0.15, 0.2) is 54.6 Å². The topological polar surface area (TPSA) is 105 Å². The first-order valence-corrected chi connectivity index (χ1v) is 10.6. The average molecular weight is 476 g/mol. The van der Waals surface area contributed by atoms with Gasteiger partial charge in [-0.15, -0.1) is 0 Å². The number of benzene rings is 3. The van der Waals surface area contributed by atoms with Gasteiger partial charge in [0.25, 0.3) is 0 Å². The van der Waals surface area contributed by atoms with Crippen LogP contribution in [0.2, 0.25) is 15.1 Å². The third-order valence-electron chi connectivity index (χ3n) is 4.92. The van der Waals surface area contributed by atoms with Gasteiger partial charge in [-0.25, -0.2) is 0 Å². The van der Waals surface area contributed by atoms with Gasteiger partial charge in [-0.2, -0.15) is 0 Å². The first kappa shape index (κ1) is 23.1. The lowest BCUT2D eigenvalue weighted by atomic mass is 9.94. The Bertz CT molecular complexity index is 1130. The van der Waals surface area contributed by atoms with E-state index in [9.17, 15) is 4.79 Å². The third kappa shape index (κ3) is 5.20. The molecular weight excluding hydrogens is 455 g/mol. The molecule has 0 radical (unpaired) electrons. The van der Waals surface area contributed by atoms with Crippen LogP contribution >= 0.6 is 34.8 Å². The Morgan fingerprint density at radius 2 is 1.74 bits per heavy atom. The van der Waals surface area contributed by atoms with Crippen LogP contribution < -0.4 is 16.8 Å². The lowest BCUT2D eigenvalue weighted by molar-refractivity contribution is -0.117. The van der Waals surface area contributed by atoms with Crippen molar-refractivity contribution in [1.29, 1.82) is 5.41 Å². The number of nitrogens with two attached hydrogens (primary N) is 2. The van der Waals surface area contributed by atoms with Crippen molar-refractivity contribution in [3.8, 4) is 11.1 Å². The first-order valence-electron chi connectivity index (χ1n) is 9.50. The van der Waals surface area contributed by atoms with Crippen molar-refractivity contribution in [2.45, 2.75) is 12.3 Å². The predicted octanol–water partition coefficient (Wildman–Crippen LogP) is 5.96. The number of hydrogen-bond acceptors (Lipinski definition) is 4. The molecule has 1 unspecified atom stereocenters. The fourth-order valence-electron chi connectivity index (χ4n) is 3.34. The number of hydrogen-bond donors (Lipinski definition) is 4. The molecule has 1 amide bonds. The van der Waals surface area contributed by atoms with Gasteiger partial charge in [0.05, 0.1) is 16.0 Å². The Balaban J connectivity index is 1.99. The number of anilines is 2. The Morgan fingerprint density at radius 1 is 1.00 bits per heavy atom. The molecule has 5 nitrogen and oxygen atoms in total. The second-order valence-corrected chi connectivity index (χ2v) is 8.17. The van der Waals surface area contributed by atoms with Crippen LogP contribution in [0.3, 0.4) is 0 Å². The van der Waals surface area contributed by atoms with E-state index >= 15 is 0 Å². The van der Waals surface area contributed by atoms with Gasteiger partial charge in [0.2, 0.25) is 5.91 Å². The van der Waals surface area contributed by atoms with Gasteiger partial charge in [0.15, 0.2) is 0 Å². The first-order chi connectivity index (χ1) is 14.8. The number of carbonyl (C=O) groups is 1. The number of nitrogens with one attached hydrogen (secondary N) is 2. The van der Waals surface area contributed by atoms with E-state index in [1.165, 1.54) is 0 Å². The minimum Gasteiger partial charge on any atom is -0.398 e. The highest BCUT2D eigenvalue weighted by molar-refractivity contribution is 6.42. The van der Waals surface area contributed by atoms with Gasteiger partial charge in [-0.3, -0.25) is 4.79 Å². The zero-order valence-electron chi connectivity index (χ0n) is 16.5. The molecule has 0 saturated carbocycles.